The van der Waals surface area contributed by atoms with Crippen LogP contribution in [-0.2, 0) is 13.0 Å². The fourth-order valence-electron chi connectivity index (χ4n) is 8.69. The van der Waals surface area contributed by atoms with Crippen LogP contribution in [0.15, 0.2) is 67.0 Å². The van der Waals surface area contributed by atoms with Gasteiger partial charge in [-0.2, -0.15) is 0 Å². The van der Waals surface area contributed by atoms with Crippen LogP contribution in [0.3, 0.4) is 0 Å². The third-order valence-corrected chi connectivity index (χ3v) is 12.1. The van der Waals surface area contributed by atoms with Gasteiger partial charge < -0.3 is 23.9 Å². The number of aromatic carboxylic acids is 1. The molecule has 1 N–H and O–H groups in total. The maximum atomic E-state index is 15.5. The smallest absolute Gasteiger partial charge is 0.352 e. The molecule has 1 aliphatic rings. The zero-order chi connectivity index (χ0) is 41.2. The third kappa shape index (κ3) is 6.78. The molecule has 296 valence electrons. The molecule has 0 aliphatic carbocycles. The Balaban J connectivity index is 1.30. The van der Waals surface area contributed by atoms with Gasteiger partial charge in [-0.1, -0.05) is 35.3 Å². The number of aromatic nitrogens is 5. The predicted molar refractivity (Wildman–Crippen MR) is 230 cm³/mol. The van der Waals surface area contributed by atoms with Gasteiger partial charge in [-0.15, -0.1) is 0 Å². The van der Waals surface area contributed by atoms with Gasteiger partial charge in [0, 0.05) is 56.6 Å². The van der Waals surface area contributed by atoms with E-state index in [1.807, 2.05) is 101 Å². The average molecular weight is 816 g/mol. The molecule has 5 heterocycles. The number of pyridine rings is 1. The molecular weight excluding hydrogens is 771 g/mol. The number of benzene rings is 3. The number of carbonyl (C=O) groups excluding carboxylic acids is 1. The Bertz CT molecular complexity index is 2780. The van der Waals surface area contributed by atoms with E-state index in [9.17, 15) is 9.90 Å². The monoisotopic (exact) mass is 814 g/mol. The Labute approximate surface area is 347 Å². The van der Waals surface area contributed by atoms with Crippen molar-refractivity contribution in [2.45, 2.75) is 73.9 Å². The van der Waals surface area contributed by atoms with Crippen LogP contribution in [-0.4, -0.2) is 54.2 Å². The molecule has 10 nitrogen and oxygen atoms in total. The quantitative estimate of drug-likeness (QED) is 0.137. The first-order valence-corrected chi connectivity index (χ1v) is 20.1. The summed E-state index contributed by atoms with van der Waals surface area (Å²) in [5.74, 6) is -0.491. The molecule has 0 radical (unpaired) electrons. The highest BCUT2D eigenvalue weighted by Crippen LogP contribution is 2.45. The number of aryl methyl sites for hydroxylation is 7. The second-order valence-corrected chi connectivity index (χ2v) is 16.2. The zero-order valence-corrected chi connectivity index (χ0v) is 35.1. The summed E-state index contributed by atoms with van der Waals surface area (Å²) in [7, 11) is 0. The van der Waals surface area contributed by atoms with Crippen molar-refractivity contribution < 1.29 is 19.4 Å². The molecule has 1 amide bonds. The third-order valence-electron chi connectivity index (χ3n) is 11.2. The first-order valence-electron chi connectivity index (χ1n) is 19.4. The van der Waals surface area contributed by atoms with Gasteiger partial charge in [0.25, 0.3) is 5.91 Å². The van der Waals surface area contributed by atoms with Gasteiger partial charge in [0.15, 0.2) is 0 Å². The number of carboxylic acids is 1. The summed E-state index contributed by atoms with van der Waals surface area (Å²) >= 11 is 13.6. The summed E-state index contributed by atoms with van der Waals surface area (Å²) in [6.07, 6.45) is 2.73. The van der Waals surface area contributed by atoms with Crippen LogP contribution >= 0.6 is 23.2 Å². The Morgan fingerprint density at radius 2 is 1.64 bits per heavy atom. The molecule has 58 heavy (non-hydrogen) atoms. The molecule has 1 atom stereocenters. The Morgan fingerprint density at radius 3 is 2.33 bits per heavy atom. The molecule has 7 aromatic rings. The standard InChI is InChI=1S/C46H44Cl2N6O4/c1-24-16-31-20-38(46(56)57)52(22-32-11-8-10-27(4)51-32)42(31)37(17-24)53-21-28(5)54-43-35(13-14-36(47)40(43)39-29(6)49-23-50-30(39)7)34(44(54)45(53)55)12-9-15-58-33-18-25(2)41(48)26(3)19-33/h8,10-11,13-14,16-20,23,28H,9,12,15,21-22H2,1-7H3,(H,56,57). The van der Waals surface area contributed by atoms with Crippen molar-refractivity contribution in [3.8, 4) is 16.9 Å². The molecule has 3 aromatic carbocycles. The maximum Gasteiger partial charge on any atom is 0.352 e. The molecule has 0 bridgehead atoms. The molecule has 0 saturated heterocycles. The lowest BCUT2D eigenvalue weighted by Crippen LogP contribution is -2.43. The highest BCUT2D eigenvalue weighted by Gasteiger charge is 2.38. The van der Waals surface area contributed by atoms with E-state index in [0.29, 0.717) is 47.9 Å². The summed E-state index contributed by atoms with van der Waals surface area (Å²) in [4.78, 5) is 43.8. The molecule has 12 heteroatoms. The summed E-state index contributed by atoms with van der Waals surface area (Å²) < 4.78 is 10.2. The number of hydrogen-bond acceptors (Lipinski definition) is 6. The second kappa shape index (κ2) is 15.2. The molecule has 8 rings (SSSR count). The van der Waals surface area contributed by atoms with Crippen LogP contribution in [0.5, 0.6) is 5.75 Å². The van der Waals surface area contributed by atoms with Crippen LogP contribution in [0.4, 0.5) is 5.69 Å². The van der Waals surface area contributed by atoms with Crippen molar-refractivity contribution in [1.29, 1.82) is 0 Å². The highest BCUT2D eigenvalue weighted by molar-refractivity contribution is 6.35. The first-order chi connectivity index (χ1) is 27.7. The topological polar surface area (TPSA) is 115 Å². The van der Waals surface area contributed by atoms with Crippen molar-refractivity contribution in [2.24, 2.45) is 0 Å². The summed E-state index contributed by atoms with van der Waals surface area (Å²) in [5.41, 5.74) is 11.3. The van der Waals surface area contributed by atoms with Crippen molar-refractivity contribution in [3.05, 3.63) is 133 Å². The van der Waals surface area contributed by atoms with Crippen LogP contribution < -0.4 is 9.64 Å². The van der Waals surface area contributed by atoms with Gasteiger partial charge in [-0.3, -0.25) is 9.78 Å². The number of halogens is 2. The number of amides is 1. The van der Waals surface area contributed by atoms with Crippen molar-refractivity contribution in [3.63, 3.8) is 0 Å². The van der Waals surface area contributed by atoms with Crippen LogP contribution in [0.1, 0.15) is 85.4 Å². The number of anilines is 1. The van der Waals surface area contributed by atoms with Gasteiger partial charge in [-0.05, 0) is 132 Å². The molecule has 4 aromatic heterocycles. The van der Waals surface area contributed by atoms with E-state index in [1.165, 1.54) is 0 Å². The lowest BCUT2D eigenvalue weighted by molar-refractivity contribution is 0.0686. The van der Waals surface area contributed by atoms with E-state index in [-0.39, 0.29) is 24.2 Å². The largest absolute Gasteiger partial charge is 0.494 e. The minimum atomic E-state index is -1.06. The molecule has 0 spiro atoms. The Kier molecular flexibility index (Phi) is 10.3. The van der Waals surface area contributed by atoms with E-state index < -0.39 is 5.97 Å². The highest BCUT2D eigenvalue weighted by atomic mass is 35.5. The van der Waals surface area contributed by atoms with Gasteiger partial charge in [-0.25, -0.2) is 14.8 Å². The van der Waals surface area contributed by atoms with E-state index >= 15 is 4.79 Å². The number of carboxylic acid groups (broad SMARTS) is 1. The molecule has 1 aliphatic heterocycles. The van der Waals surface area contributed by atoms with E-state index in [1.54, 1.807) is 17.0 Å². The average Bonchev–Trinajstić information content (AvgIpc) is 3.70. The van der Waals surface area contributed by atoms with Crippen molar-refractivity contribution in [1.82, 2.24) is 24.1 Å². The normalized spacial score (nSPS) is 14.1. The summed E-state index contributed by atoms with van der Waals surface area (Å²) in [6.45, 7) is 14.8. The van der Waals surface area contributed by atoms with Gasteiger partial charge in [0.2, 0.25) is 0 Å². The lowest BCUT2D eigenvalue weighted by atomic mass is 9.97. The molecule has 0 fully saturated rings. The maximum absolute atomic E-state index is 15.5. The fraction of sp³-hybridized carbons (Fsp3) is 0.283. The van der Waals surface area contributed by atoms with Crippen molar-refractivity contribution >= 4 is 62.6 Å². The van der Waals surface area contributed by atoms with Gasteiger partial charge >= 0.3 is 5.97 Å². The molecule has 0 saturated carbocycles. The van der Waals surface area contributed by atoms with Crippen LogP contribution in [0, 0.1) is 41.5 Å². The number of nitrogens with zero attached hydrogens (tertiary/aromatic N) is 6. The van der Waals surface area contributed by atoms with E-state index in [0.717, 1.165) is 83.2 Å². The second-order valence-electron chi connectivity index (χ2n) is 15.4. The Hall–Kier alpha value is -5.71. The number of carbonyl (C=O) groups is 2. The van der Waals surface area contributed by atoms with Crippen LogP contribution in [0.25, 0.3) is 32.9 Å². The minimum absolute atomic E-state index is 0.124. The van der Waals surface area contributed by atoms with Crippen LogP contribution in [0.2, 0.25) is 10.0 Å². The minimum Gasteiger partial charge on any atom is -0.494 e. The number of hydrogen-bond donors (Lipinski definition) is 1. The first kappa shape index (κ1) is 39.1. The van der Waals surface area contributed by atoms with E-state index in [2.05, 4.69) is 21.5 Å². The lowest BCUT2D eigenvalue weighted by Gasteiger charge is -2.35. The zero-order valence-electron chi connectivity index (χ0n) is 33.6. The van der Waals surface area contributed by atoms with Gasteiger partial charge in [0.05, 0.1) is 40.6 Å². The predicted octanol–water partition coefficient (Wildman–Crippen LogP) is 10.6. The van der Waals surface area contributed by atoms with Gasteiger partial charge in [0.1, 0.15) is 23.5 Å². The molecular formula is C46H44Cl2N6O4. The summed E-state index contributed by atoms with van der Waals surface area (Å²) in [6, 6.07) is 18.9. The number of fused-ring (bicyclic) bond motifs is 4. The Morgan fingerprint density at radius 1 is 0.914 bits per heavy atom. The summed E-state index contributed by atoms with van der Waals surface area (Å²) in [5, 5.41) is 13.4. The van der Waals surface area contributed by atoms with E-state index in [4.69, 9.17) is 32.9 Å². The van der Waals surface area contributed by atoms with Crippen molar-refractivity contribution in [2.75, 3.05) is 18.1 Å². The fourth-order valence-corrected chi connectivity index (χ4v) is 9.05. The molecule has 1 unspecified atom stereocenters. The number of rotatable bonds is 10. The SMILES string of the molecule is Cc1cc(N2CC(C)n3c(c(CCCOc4cc(C)c(Cl)c(C)c4)c4ccc(Cl)c(-c5c(C)ncnc5C)c43)C2=O)c2c(c1)cc(C(=O)O)n2Cc1cccc(C)n1. The number of ether oxygens (including phenoxy) is 1.